The Morgan fingerprint density at radius 2 is 2.25 bits per heavy atom. The molecule has 1 aliphatic rings. The first kappa shape index (κ1) is 15.0. The number of ether oxygens (including phenoxy) is 1. The van der Waals surface area contributed by atoms with Crippen molar-refractivity contribution in [1.29, 1.82) is 0 Å². The van der Waals surface area contributed by atoms with Crippen LogP contribution in [0, 0.1) is 5.92 Å². The highest BCUT2D eigenvalue weighted by Gasteiger charge is 2.21. The van der Waals surface area contributed by atoms with Gasteiger partial charge in [-0.15, -0.1) is 0 Å². The molecule has 0 radical (unpaired) electrons. The quantitative estimate of drug-likeness (QED) is 0.748. The van der Waals surface area contributed by atoms with Gasteiger partial charge in [0.2, 0.25) is 0 Å². The summed E-state index contributed by atoms with van der Waals surface area (Å²) in [7, 11) is 1.47. The highest BCUT2D eigenvalue weighted by atomic mass is 16.5. The maximum Gasteiger partial charge on any atom is 0.305 e. The van der Waals surface area contributed by atoms with Gasteiger partial charge in [0, 0.05) is 18.8 Å². The Morgan fingerprint density at radius 1 is 1.45 bits per heavy atom. The number of nitrogens with zero attached hydrogens (tertiary/aromatic N) is 2. The van der Waals surface area contributed by atoms with Crippen molar-refractivity contribution >= 4 is 5.97 Å². The van der Waals surface area contributed by atoms with E-state index in [1.54, 1.807) is 0 Å². The Balaban J connectivity index is 1.61. The van der Waals surface area contributed by atoms with Crippen molar-refractivity contribution in [2.24, 2.45) is 5.92 Å². The summed E-state index contributed by atoms with van der Waals surface area (Å²) in [4.78, 5) is 17.9. The second-order valence-electron chi connectivity index (χ2n) is 5.53. The maximum atomic E-state index is 11.2. The lowest BCUT2D eigenvalue weighted by Gasteiger charge is -2.31. The predicted molar refractivity (Wildman–Crippen MR) is 78.4 cm³/mol. The summed E-state index contributed by atoms with van der Waals surface area (Å²) in [5.74, 6) is 0.442. The standard InChI is InChI=1S/C16H24N2O2/c1-20-16(19)12-14-6-10-18(11-7-14)9-3-5-15-4-2-8-17-13-15/h2,4,8,13-14H,3,5-7,9-12H2,1H3. The Bertz CT molecular complexity index is 400. The first-order chi connectivity index (χ1) is 9.78. The fourth-order valence-electron chi connectivity index (χ4n) is 2.79. The number of pyridine rings is 1. The van der Waals surface area contributed by atoms with Crippen LogP contribution in [-0.4, -0.2) is 42.6 Å². The molecule has 110 valence electrons. The van der Waals surface area contributed by atoms with E-state index >= 15 is 0 Å². The van der Waals surface area contributed by atoms with Gasteiger partial charge in [-0.25, -0.2) is 0 Å². The van der Waals surface area contributed by atoms with Gasteiger partial charge in [0.25, 0.3) is 0 Å². The number of rotatable bonds is 6. The number of carbonyl (C=O) groups is 1. The van der Waals surface area contributed by atoms with Crippen molar-refractivity contribution in [3.8, 4) is 0 Å². The molecule has 4 heteroatoms. The molecule has 0 bridgehead atoms. The van der Waals surface area contributed by atoms with Gasteiger partial charge in [0.1, 0.15) is 0 Å². The molecule has 0 aromatic carbocycles. The van der Waals surface area contributed by atoms with E-state index in [0.717, 1.165) is 38.9 Å². The zero-order valence-corrected chi connectivity index (χ0v) is 12.3. The molecule has 4 nitrogen and oxygen atoms in total. The topological polar surface area (TPSA) is 42.4 Å². The number of hydrogen-bond donors (Lipinski definition) is 0. The molecule has 1 saturated heterocycles. The molecular formula is C16H24N2O2. The van der Waals surface area contributed by atoms with Crippen molar-refractivity contribution < 1.29 is 9.53 Å². The van der Waals surface area contributed by atoms with E-state index < -0.39 is 0 Å². The van der Waals surface area contributed by atoms with E-state index in [4.69, 9.17) is 4.74 Å². The van der Waals surface area contributed by atoms with Gasteiger partial charge < -0.3 is 9.64 Å². The monoisotopic (exact) mass is 276 g/mol. The van der Waals surface area contributed by atoms with Crippen LogP contribution in [0.5, 0.6) is 0 Å². The summed E-state index contributed by atoms with van der Waals surface area (Å²) >= 11 is 0. The van der Waals surface area contributed by atoms with Crippen LogP contribution in [0.1, 0.15) is 31.2 Å². The summed E-state index contributed by atoms with van der Waals surface area (Å²) in [6, 6.07) is 4.13. The molecule has 0 spiro atoms. The minimum Gasteiger partial charge on any atom is -0.469 e. The van der Waals surface area contributed by atoms with Gasteiger partial charge in [-0.1, -0.05) is 6.07 Å². The van der Waals surface area contributed by atoms with Crippen molar-refractivity contribution in [3.05, 3.63) is 30.1 Å². The van der Waals surface area contributed by atoms with Crippen LogP contribution in [0.4, 0.5) is 0 Å². The molecule has 1 aromatic rings. The highest BCUT2D eigenvalue weighted by molar-refractivity contribution is 5.69. The van der Waals surface area contributed by atoms with Gasteiger partial charge in [0.15, 0.2) is 0 Å². The van der Waals surface area contributed by atoms with Crippen molar-refractivity contribution in [3.63, 3.8) is 0 Å². The average molecular weight is 276 g/mol. The second-order valence-corrected chi connectivity index (χ2v) is 5.53. The Labute approximate surface area is 121 Å². The van der Waals surface area contributed by atoms with Crippen molar-refractivity contribution in [1.82, 2.24) is 9.88 Å². The van der Waals surface area contributed by atoms with Crippen molar-refractivity contribution in [2.45, 2.75) is 32.1 Å². The van der Waals surface area contributed by atoms with Crippen molar-refractivity contribution in [2.75, 3.05) is 26.7 Å². The van der Waals surface area contributed by atoms with E-state index in [9.17, 15) is 4.79 Å². The van der Waals surface area contributed by atoms with Crippen LogP contribution in [-0.2, 0) is 16.0 Å². The average Bonchev–Trinajstić information content (AvgIpc) is 2.50. The fraction of sp³-hybridized carbons (Fsp3) is 0.625. The minimum absolute atomic E-state index is 0.0694. The van der Waals surface area contributed by atoms with Crippen LogP contribution < -0.4 is 0 Å². The molecule has 0 atom stereocenters. The highest BCUT2D eigenvalue weighted by Crippen LogP contribution is 2.21. The van der Waals surface area contributed by atoms with Crippen LogP contribution in [0.25, 0.3) is 0 Å². The molecule has 20 heavy (non-hydrogen) atoms. The molecule has 2 rings (SSSR count). The van der Waals surface area contributed by atoms with Gasteiger partial charge >= 0.3 is 5.97 Å². The molecule has 0 amide bonds. The number of carbonyl (C=O) groups excluding carboxylic acids is 1. The van der Waals surface area contributed by atoms with E-state index in [2.05, 4.69) is 16.0 Å². The smallest absolute Gasteiger partial charge is 0.305 e. The van der Waals surface area contributed by atoms with E-state index in [-0.39, 0.29) is 5.97 Å². The summed E-state index contributed by atoms with van der Waals surface area (Å²) in [6.45, 7) is 3.35. The first-order valence-electron chi connectivity index (χ1n) is 7.46. The van der Waals surface area contributed by atoms with E-state index in [1.165, 1.54) is 19.1 Å². The number of aromatic nitrogens is 1. The summed E-state index contributed by atoms with van der Waals surface area (Å²) < 4.78 is 4.74. The SMILES string of the molecule is COC(=O)CC1CCN(CCCc2cccnc2)CC1. The molecular weight excluding hydrogens is 252 g/mol. The Kier molecular flexibility index (Phi) is 5.99. The largest absolute Gasteiger partial charge is 0.469 e. The fourth-order valence-corrected chi connectivity index (χ4v) is 2.79. The predicted octanol–water partition coefficient (Wildman–Crippen LogP) is 2.29. The number of methoxy groups -OCH3 is 1. The third-order valence-electron chi connectivity index (χ3n) is 4.05. The molecule has 0 unspecified atom stereocenters. The number of hydrogen-bond acceptors (Lipinski definition) is 4. The normalized spacial score (nSPS) is 17.1. The van der Waals surface area contributed by atoms with Crippen LogP contribution in [0.2, 0.25) is 0 Å². The first-order valence-corrected chi connectivity index (χ1v) is 7.46. The lowest BCUT2D eigenvalue weighted by molar-refractivity contribution is -0.142. The lowest BCUT2D eigenvalue weighted by Crippen LogP contribution is -2.35. The van der Waals surface area contributed by atoms with Crippen LogP contribution in [0.3, 0.4) is 0 Å². The molecule has 0 aliphatic carbocycles. The van der Waals surface area contributed by atoms with Gasteiger partial charge in [0.05, 0.1) is 7.11 Å². The minimum atomic E-state index is -0.0694. The summed E-state index contributed by atoms with van der Waals surface area (Å²) in [5.41, 5.74) is 1.31. The summed E-state index contributed by atoms with van der Waals surface area (Å²) in [5, 5.41) is 0. The molecule has 1 aromatic heterocycles. The molecule has 1 aliphatic heterocycles. The van der Waals surface area contributed by atoms with Gasteiger partial charge in [-0.3, -0.25) is 9.78 Å². The third-order valence-corrected chi connectivity index (χ3v) is 4.05. The number of piperidine rings is 1. The van der Waals surface area contributed by atoms with Gasteiger partial charge in [-0.2, -0.15) is 0 Å². The second kappa shape index (κ2) is 8.00. The third kappa shape index (κ3) is 4.93. The lowest BCUT2D eigenvalue weighted by atomic mass is 9.93. The molecule has 1 fully saturated rings. The molecule has 0 saturated carbocycles. The van der Waals surface area contributed by atoms with E-state index in [1.807, 2.05) is 18.5 Å². The number of esters is 1. The zero-order chi connectivity index (χ0) is 14.2. The molecule has 2 heterocycles. The number of aryl methyl sites for hydroxylation is 1. The Morgan fingerprint density at radius 3 is 2.90 bits per heavy atom. The Hall–Kier alpha value is -1.42. The zero-order valence-electron chi connectivity index (χ0n) is 12.3. The number of likely N-dealkylation sites (tertiary alicyclic amines) is 1. The van der Waals surface area contributed by atoms with E-state index in [0.29, 0.717) is 12.3 Å². The maximum absolute atomic E-state index is 11.2. The van der Waals surface area contributed by atoms with Crippen LogP contribution in [0.15, 0.2) is 24.5 Å². The van der Waals surface area contributed by atoms with Crippen LogP contribution >= 0.6 is 0 Å². The summed E-state index contributed by atoms with van der Waals surface area (Å²) in [6.07, 6.45) is 8.84. The molecule has 0 N–H and O–H groups in total. The van der Waals surface area contributed by atoms with Gasteiger partial charge in [-0.05, 0) is 62.9 Å².